The highest BCUT2D eigenvalue weighted by Gasteiger charge is 2.11. The summed E-state index contributed by atoms with van der Waals surface area (Å²) < 4.78 is 33.9. The van der Waals surface area contributed by atoms with Crippen molar-refractivity contribution in [2.45, 2.75) is 20.3 Å². The smallest absolute Gasteiger partial charge is 0.221 e. The zero-order chi connectivity index (χ0) is 15.4. The van der Waals surface area contributed by atoms with Gasteiger partial charge in [-0.15, -0.1) is 0 Å². The molecule has 0 atom stereocenters. The molecule has 5 nitrogen and oxygen atoms in total. The average Bonchev–Trinajstić information content (AvgIpc) is 2.74. The lowest BCUT2D eigenvalue weighted by molar-refractivity contribution is 0.285. The van der Waals surface area contributed by atoms with Crippen LogP contribution in [0.5, 0.6) is 5.75 Å². The van der Waals surface area contributed by atoms with E-state index in [4.69, 9.17) is 10.5 Å². The van der Waals surface area contributed by atoms with Gasteiger partial charge < -0.3 is 10.5 Å². The van der Waals surface area contributed by atoms with E-state index in [0.29, 0.717) is 12.1 Å². The number of ether oxygens (including phenoxy) is 1. The molecule has 21 heavy (non-hydrogen) atoms. The first-order valence-electron chi connectivity index (χ1n) is 6.49. The number of nitrogen functional groups attached to an aromatic ring is 1. The minimum Gasteiger partial charge on any atom is -0.488 e. The second kappa shape index (κ2) is 6.34. The van der Waals surface area contributed by atoms with Crippen LogP contribution in [0.25, 0.3) is 0 Å². The van der Waals surface area contributed by atoms with Gasteiger partial charge in [0.2, 0.25) is 5.95 Å². The second-order valence-electron chi connectivity index (χ2n) is 4.49. The largest absolute Gasteiger partial charge is 0.488 e. The van der Waals surface area contributed by atoms with E-state index in [-0.39, 0.29) is 23.9 Å². The molecule has 0 spiro atoms. The molecule has 0 unspecified atom stereocenters. The van der Waals surface area contributed by atoms with Crippen LogP contribution in [0.4, 0.5) is 14.7 Å². The first-order valence-corrected chi connectivity index (χ1v) is 6.49. The number of hydrogen-bond acceptors (Lipinski definition) is 4. The first-order chi connectivity index (χ1) is 10.0. The molecule has 2 rings (SSSR count). The number of anilines is 1. The summed E-state index contributed by atoms with van der Waals surface area (Å²) in [5, 5.41) is 4.00. The van der Waals surface area contributed by atoms with Crippen LogP contribution in [-0.2, 0) is 0 Å². The number of hydrogen-bond donors (Lipinski definition) is 1. The predicted molar refractivity (Wildman–Crippen MR) is 76.5 cm³/mol. The molecule has 0 aliphatic rings. The van der Waals surface area contributed by atoms with Crippen molar-refractivity contribution in [1.82, 2.24) is 9.66 Å². The molecule has 1 heterocycles. The lowest BCUT2D eigenvalue weighted by atomic mass is 10.2. The van der Waals surface area contributed by atoms with Gasteiger partial charge in [0.1, 0.15) is 0 Å². The van der Waals surface area contributed by atoms with Crippen LogP contribution in [0.15, 0.2) is 23.4 Å². The van der Waals surface area contributed by atoms with Crippen molar-refractivity contribution >= 4 is 12.2 Å². The van der Waals surface area contributed by atoms with Crippen LogP contribution < -0.4 is 10.5 Å². The molecule has 2 aromatic rings. The third kappa shape index (κ3) is 3.56. The Kier molecular flexibility index (Phi) is 4.52. The molecule has 112 valence electrons. The monoisotopic (exact) mass is 294 g/mol. The van der Waals surface area contributed by atoms with Crippen LogP contribution in [0.3, 0.4) is 0 Å². The molecule has 0 aliphatic carbocycles. The minimum absolute atomic E-state index is 0.201. The third-order valence-corrected chi connectivity index (χ3v) is 2.64. The van der Waals surface area contributed by atoms with Gasteiger partial charge in [-0.1, -0.05) is 6.92 Å². The van der Waals surface area contributed by atoms with Gasteiger partial charge in [-0.3, -0.25) is 0 Å². The quantitative estimate of drug-likeness (QED) is 0.862. The van der Waals surface area contributed by atoms with Crippen LogP contribution in [-0.4, -0.2) is 22.5 Å². The van der Waals surface area contributed by atoms with E-state index >= 15 is 0 Å². The van der Waals surface area contributed by atoms with Gasteiger partial charge in [0.15, 0.2) is 17.4 Å². The summed E-state index contributed by atoms with van der Waals surface area (Å²) in [4.78, 5) is 3.97. The molecular formula is C14H16F2N4O. The van der Waals surface area contributed by atoms with Crippen molar-refractivity contribution in [2.24, 2.45) is 5.10 Å². The van der Waals surface area contributed by atoms with Crippen molar-refractivity contribution in [2.75, 3.05) is 12.3 Å². The number of nitrogens with zero attached hydrogens (tertiary/aromatic N) is 3. The Morgan fingerprint density at radius 2 is 2.05 bits per heavy atom. The summed E-state index contributed by atoms with van der Waals surface area (Å²) in [7, 11) is 0. The molecule has 1 aromatic carbocycles. The van der Waals surface area contributed by atoms with Crippen molar-refractivity contribution in [3.8, 4) is 5.75 Å². The fraction of sp³-hybridized carbons (Fsp3) is 0.286. The van der Waals surface area contributed by atoms with E-state index in [1.165, 1.54) is 10.9 Å². The SMILES string of the molecule is CCCOc1c(F)cc(C=Nn2cc(C)nc2N)cc1F. The zero-order valence-corrected chi connectivity index (χ0v) is 11.8. The van der Waals surface area contributed by atoms with Gasteiger partial charge in [-0.2, -0.15) is 5.10 Å². The average molecular weight is 294 g/mol. The summed E-state index contributed by atoms with van der Waals surface area (Å²) in [6.45, 7) is 3.88. The molecule has 0 amide bonds. The van der Waals surface area contributed by atoms with E-state index in [1.54, 1.807) is 13.1 Å². The standard InChI is InChI=1S/C14H16F2N4O/c1-3-4-21-13-11(15)5-10(6-12(13)16)7-18-20-8-9(2)19-14(20)17/h5-8H,3-4H2,1-2H3,(H2,17,19). The number of nitrogens with two attached hydrogens (primary N) is 1. The highest BCUT2D eigenvalue weighted by atomic mass is 19.1. The Hall–Kier alpha value is -2.44. The van der Waals surface area contributed by atoms with Gasteiger partial charge in [-0.05, 0) is 25.5 Å². The second-order valence-corrected chi connectivity index (χ2v) is 4.49. The van der Waals surface area contributed by atoms with E-state index in [2.05, 4.69) is 10.1 Å². The Labute approximate surface area is 121 Å². The number of benzene rings is 1. The van der Waals surface area contributed by atoms with Gasteiger partial charge in [0.05, 0.1) is 24.7 Å². The Morgan fingerprint density at radius 1 is 1.38 bits per heavy atom. The molecule has 0 saturated heterocycles. The predicted octanol–water partition coefficient (Wildman–Crippen LogP) is 2.72. The van der Waals surface area contributed by atoms with Crippen molar-refractivity contribution in [1.29, 1.82) is 0 Å². The summed E-state index contributed by atoms with van der Waals surface area (Å²) in [6.07, 6.45) is 3.58. The number of halogens is 2. The number of aromatic nitrogens is 2. The highest BCUT2D eigenvalue weighted by Crippen LogP contribution is 2.23. The summed E-state index contributed by atoms with van der Waals surface area (Å²) in [6, 6.07) is 2.30. The van der Waals surface area contributed by atoms with E-state index in [0.717, 1.165) is 12.1 Å². The van der Waals surface area contributed by atoms with Gasteiger partial charge in [-0.25, -0.2) is 18.4 Å². The summed E-state index contributed by atoms with van der Waals surface area (Å²) in [5.74, 6) is -1.70. The maximum atomic E-state index is 13.8. The van der Waals surface area contributed by atoms with E-state index in [1.807, 2.05) is 6.92 Å². The van der Waals surface area contributed by atoms with Gasteiger partial charge in [0, 0.05) is 5.56 Å². The third-order valence-electron chi connectivity index (χ3n) is 2.64. The Morgan fingerprint density at radius 3 is 2.57 bits per heavy atom. The highest BCUT2D eigenvalue weighted by molar-refractivity contribution is 5.80. The Bertz CT molecular complexity index is 644. The summed E-state index contributed by atoms with van der Waals surface area (Å²) in [5.41, 5.74) is 6.58. The number of aryl methyl sites for hydroxylation is 1. The van der Waals surface area contributed by atoms with Crippen molar-refractivity contribution in [3.63, 3.8) is 0 Å². The van der Waals surface area contributed by atoms with Crippen LogP contribution >= 0.6 is 0 Å². The molecule has 0 fully saturated rings. The molecule has 7 heteroatoms. The van der Waals surface area contributed by atoms with Crippen molar-refractivity contribution in [3.05, 3.63) is 41.2 Å². The topological polar surface area (TPSA) is 65.4 Å². The van der Waals surface area contributed by atoms with Crippen LogP contribution in [0.2, 0.25) is 0 Å². The lowest BCUT2D eigenvalue weighted by Crippen LogP contribution is -2.02. The van der Waals surface area contributed by atoms with E-state index < -0.39 is 11.6 Å². The molecule has 0 aliphatic heterocycles. The minimum atomic E-state index is -0.764. The van der Waals surface area contributed by atoms with Crippen molar-refractivity contribution < 1.29 is 13.5 Å². The normalized spacial score (nSPS) is 11.2. The Balaban J connectivity index is 2.23. The fourth-order valence-electron chi connectivity index (χ4n) is 1.72. The molecule has 1 aromatic heterocycles. The van der Waals surface area contributed by atoms with Gasteiger partial charge >= 0.3 is 0 Å². The number of imidazole rings is 1. The molecule has 2 N–H and O–H groups in total. The summed E-state index contributed by atoms with van der Waals surface area (Å²) >= 11 is 0. The zero-order valence-electron chi connectivity index (χ0n) is 11.8. The van der Waals surface area contributed by atoms with E-state index in [9.17, 15) is 8.78 Å². The molecule has 0 radical (unpaired) electrons. The lowest BCUT2D eigenvalue weighted by Gasteiger charge is -2.07. The van der Waals surface area contributed by atoms with Gasteiger partial charge in [0.25, 0.3) is 0 Å². The fourth-order valence-corrected chi connectivity index (χ4v) is 1.72. The van der Waals surface area contributed by atoms with Crippen LogP contribution in [0.1, 0.15) is 24.6 Å². The molecule has 0 saturated carbocycles. The first kappa shape index (κ1) is 15.0. The maximum Gasteiger partial charge on any atom is 0.221 e. The van der Waals surface area contributed by atoms with Crippen LogP contribution in [0, 0.1) is 18.6 Å². The molecule has 0 bridgehead atoms. The maximum absolute atomic E-state index is 13.8. The number of rotatable bonds is 5. The molecular weight excluding hydrogens is 278 g/mol.